The van der Waals surface area contributed by atoms with Gasteiger partial charge in [0.15, 0.2) is 5.69 Å². The lowest BCUT2D eigenvalue weighted by molar-refractivity contribution is -0.141. The number of hydrogen-bond acceptors (Lipinski definition) is 5. The average molecular weight is 437 g/mol. The molecular weight excluding hydrogens is 420 g/mol. The molecule has 0 saturated carbocycles. The number of rotatable bonds is 6. The lowest BCUT2D eigenvalue weighted by atomic mass is 10.1. The highest BCUT2D eigenvalue weighted by atomic mass is 79.9. The molecule has 0 aliphatic heterocycles. The third-order valence-electron chi connectivity index (χ3n) is 3.53. The summed E-state index contributed by atoms with van der Waals surface area (Å²) < 4.78 is 52.9. The van der Waals surface area contributed by atoms with Crippen LogP contribution in [0.3, 0.4) is 0 Å². The first-order valence-corrected chi connectivity index (χ1v) is 8.45. The number of nitrogens with one attached hydrogen (secondary N) is 2. The first-order chi connectivity index (χ1) is 12.1. The molecule has 142 valence electrons. The fraction of sp³-hybridized carbons (Fsp3) is 0.375. The van der Waals surface area contributed by atoms with Crippen LogP contribution in [-0.2, 0) is 6.18 Å². The maximum atomic E-state index is 13.2. The summed E-state index contributed by atoms with van der Waals surface area (Å²) in [6, 6.07) is 3.95. The number of nitrogens with zero attached hydrogens (tertiary/aromatic N) is 2. The monoisotopic (exact) mass is 436 g/mol. The molecule has 0 bridgehead atoms. The Morgan fingerprint density at radius 3 is 2.42 bits per heavy atom. The van der Waals surface area contributed by atoms with Crippen molar-refractivity contribution in [3.63, 3.8) is 0 Å². The van der Waals surface area contributed by atoms with Gasteiger partial charge in [-0.15, -0.1) is 0 Å². The van der Waals surface area contributed by atoms with Crippen molar-refractivity contribution in [1.82, 2.24) is 9.97 Å². The van der Waals surface area contributed by atoms with E-state index in [4.69, 9.17) is 0 Å². The maximum Gasteiger partial charge on any atom is 0.433 e. The second-order valence-electron chi connectivity index (χ2n) is 5.89. The average Bonchev–Trinajstić information content (AvgIpc) is 2.54. The molecule has 10 heteroatoms. The van der Waals surface area contributed by atoms with Gasteiger partial charge in [-0.2, -0.15) is 18.2 Å². The van der Waals surface area contributed by atoms with Crippen molar-refractivity contribution in [1.29, 1.82) is 0 Å². The topological polar surface area (TPSA) is 70.1 Å². The highest BCUT2D eigenvalue weighted by Gasteiger charge is 2.34. The molecule has 3 N–H and O–H groups in total. The van der Waals surface area contributed by atoms with Crippen molar-refractivity contribution in [2.75, 3.05) is 17.2 Å². The second-order valence-corrected chi connectivity index (χ2v) is 6.74. The normalized spacial score (nSPS) is 13.0. The quantitative estimate of drug-likeness (QED) is 0.578. The summed E-state index contributed by atoms with van der Waals surface area (Å²) >= 11 is 3.13. The van der Waals surface area contributed by atoms with Gasteiger partial charge in [-0.05, 0) is 40.0 Å². The third kappa shape index (κ3) is 5.28. The smallest absolute Gasteiger partial charge is 0.394 e. The first kappa shape index (κ1) is 20.4. The Balaban J connectivity index is 2.39. The zero-order valence-electron chi connectivity index (χ0n) is 13.9. The van der Waals surface area contributed by atoms with Crippen LogP contribution in [0.25, 0.3) is 0 Å². The van der Waals surface area contributed by atoms with Gasteiger partial charge >= 0.3 is 6.18 Å². The molecule has 0 fully saturated rings. The van der Waals surface area contributed by atoms with E-state index in [2.05, 4.69) is 36.5 Å². The number of alkyl halides is 3. The summed E-state index contributed by atoms with van der Waals surface area (Å²) in [6.07, 6.45) is -4.68. The molecule has 26 heavy (non-hydrogen) atoms. The first-order valence-electron chi connectivity index (χ1n) is 7.66. The molecule has 0 spiro atoms. The van der Waals surface area contributed by atoms with Gasteiger partial charge in [0, 0.05) is 10.5 Å². The Hall–Kier alpha value is -1.94. The molecule has 0 unspecified atom stereocenters. The van der Waals surface area contributed by atoms with E-state index in [-0.39, 0.29) is 24.3 Å². The molecule has 0 aliphatic rings. The number of aliphatic hydroxyl groups is 1. The zero-order valence-corrected chi connectivity index (χ0v) is 15.5. The van der Waals surface area contributed by atoms with Crippen LogP contribution >= 0.6 is 15.9 Å². The van der Waals surface area contributed by atoms with Gasteiger partial charge in [0.25, 0.3) is 0 Å². The minimum Gasteiger partial charge on any atom is -0.394 e. The molecular formula is C16H17BrF4N4O. The highest BCUT2D eigenvalue weighted by Crippen LogP contribution is 2.32. The largest absolute Gasteiger partial charge is 0.433 e. The fourth-order valence-electron chi connectivity index (χ4n) is 2.04. The third-order valence-corrected chi connectivity index (χ3v) is 4.18. The van der Waals surface area contributed by atoms with E-state index in [1.54, 1.807) is 13.8 Å². The van der Waals surface area contributed by atoms with Gasteiger partial charge < -0.3 is 15.7 Å². The van der Waals surface area contributed by atoms with E-state index in [0.29, 0.717) is 10.2 Å². The van der Waals surface area contributed by atoms with Gasteiger partial charge in [-0.25, -0.2) is 9.37 Å². The summed E-state index contributed by atoms with van der Waals surface area (Å²) in [4.78, 5) is 7.50. The van der Waals surface area contributed by atoms with Gasteiger partial charge in [0.2, 0.25) is 5.95 Å². The van der Waals surface area contributed by atoms with Crippen LogP contribution in [0.4, 0.5) is 35.0 Å². The lowest BCUT2D eigenvalue weighted by Gasteiger charge is -2.21. The summed E-state index contributed by atoms with van der Waals surface area (Å²) in [6.45, 7) is 3.32. The van der Waals surface area contributed by atoms with Crippen molar-refractivity contribution >= 4 is 33.4 Å². The van der Waals surface area contributed by atoms with Crippen molar-refractivity contribution in [2.24, 2.45) is 5.92 Å². The predicted octanol–water partition coefficient (Wildman–Crippen LogP) is 4.57. The number of aromatic nitrogens is 2. The van der Waals surface area contributed by atoms with Crippen LogP contribution in [0, 0.1) is 11.7 Å². The Bertz CT molecular complexity index is 770. The van der Waals surface area contributed by atoms with Gasteiger partial charge in [-0.1, -0.05) is 13.8 Å². The Labute approximate surface area is 156 Å². The molecule has 0 radical (unpaired) electrons. The van der Waals surface area contributed by atoms with E-state index in [1.165, 1.54) is 18.2 Å². The molecule has 1 heterocycles. The number of halogens is 5. The van der Waals surface area contributed by atoms with Crippen LogP contribution in [0.15, 0.2) is 28.7 Å². The molecule has 2 aromatic rings. The lowest BCUT2D eigenvalue weighted by Crippen LogP contribution is -2.30. The number of benzene rings is 1. The molecule has 0 amide bonds. The maximum absolute atomic E-state index is 13.2. The van der Waals surface area contributed by atoms with Crippen molar-refractivity contribution < 1.29 is 22.7 Å². The number of aliphatic hydroxyl groups excluding tert-OH is 1. The molecule has 0 saturated heterocycles. The van der Waals surface area contributed by atoms with E-state index in [9.17, 15) is 22.7 Å². The van der Waals surface area contributed by atoms with E-state index in [0.717, 1.165) is 6.07 Å². The summed E-state index contributed by atoms with van der Waals surface area (Å²) in [7, 11) is 0. The SMILES string of the molecule is CC(C)[C@H](CO)Nc1nc(Nc2ccc(F)cc2Br)cc(C(F)(F)F)n1. The Morgan fingerprint density at radius 1 is 1.19 bits per heavy atom. The second kappa shape index (κ2) is 8.17. The molecule has 5 nitrogen and oxygen atoms in total. The molecule has 1 aromatic heterocycles. The minimum absolute atomic E-state index is 0.0548. The van der Waals surface area contributed by atoms with Crippen LogP contribution in [0.1, 0.15) is 19.5 Å². The highest BCUT2D eigenvalue weighted by molar-refractivity contribution is 9.10. The predicted molar refractivity (Wildman–Crippen MR) is 93.8 cm³/mol. The Morgan fingerprint density at radius 2 is 1.88 bits per heavy atom. The van der Waals surface area contributed by atoms with Gasteiger partial charge in [0.05, 0.1) is 18.3 Å². The summed E-state index contributed by atoms with van der Waals surface area (Å²) in [5.74, 6) is -0.942. The molecule has 1 aromatic carbocycles. The van der Waals surface area contributed by atoms with Crippen LogP contribution in [-0.4, -0.2) is 27.7 Å². The fourth-order valence-corrected chi connectivity index (χ4v) is 2.49. The van der Waals surface area contributed by atoms with Crippen molar-refractivity contribution in [3.8, 4) is 0 Å². The van der Waals surface area contributed by atoms with Crippen molar-refractivity contribution in [2.45, 2.75) is 26.1 Å². The summed E-state index contributed by atoms with van der Waals surface area (Å²) in [5.41, 5.74) is -0.803. The Kier molecular flexibility index (Phi) is 6.40. The van der Waals surface area contributed by atoms with E-state index < -0.39 is 23.7 Å². The van der Waals surface area contributed by atoms with E-state index in [1.807, 2.05) is 0 Å². The number of anilines is 3. The standard InChI is InChI=1S/C16H17BrF4N4O/c1-8(2)12(7-26)23-15-24-13(16(19,20)21)6-14(25-15)22-11-4-3-9(18)5-10(11)17/h3-6,8,12,26H,7H2,1-2H3,(H2,22,23,24,25)/t12-/m0/s1. The van der Waals surface area contributed by atoms with Crippen molar-refractivity contribution in [3.05, 3.63) is 40.2 Å². The van der Waals surface area contributed by atoms with Crippen LogP contribution < -0.4 is 10.6 Å². The van der Waals surface area contributed by atoms with Crippen LogP contribution in [0.5, 0.6) is 0 Å². The molecule has 2 rings (SSSR count). The van der Waals surface area contributed by atoms with Crippen LogP contribution in [0.2, 0.25) is 0 Å². The number of hydrogen-bond donors (Lipinski definition) is 3. The minimum atomic E-state index is -4.68. The zero-order chi connectivity index (χ0) is 19.5. The van der Waals surface area contributed by atoms with Gasteiger partial charge in [0.1, 0.15) is 11.6 Å². The van der Waals surface area contributed by atoms with E-state index >= 15 is 0 Å². The molecule has 1 atom stereocenters. The van der Waals surface area contributed by atoms with Gasteiger partial charge in [-0.3, -0.25) is 0 Å². The molecule has 0 aliphatic carbocycles. The summed E-state index contributed by atoms with van der Waals surface area (Å²) in [5, 5.41) is 14.8.